The Morgan fingerprint density at radius 1 is 0.974 bits per heavy atom. The van der Waals surface area contributed by atoms with Crippen molar-refractivity contribution >= 4 is 5.69 Å². The summed E-state index contributed by atoms with van der Waals surface area (Å²) in [6.07, 6.45) is 1.47. The molecule has 4 aliphatic rings. The molecule has 2 saturated heterocycles. The van der Waals surface area contributed by atoms with Gasteiger partial charge in [-0.1, -0.05) is 13.0 Å². The third-order valence-electron chi connectivity index (χ3n) is 9.22. The molecule has 0 aromatic heterocycles. The molecule has 4 nitrogen and oxygen atoms in total. The maximum atomic E-state index is 15.7. The molecule has 3 heterocycles. The second-order valence-electron chi connectivity index (χ2n) is 11.7. The quantitative estimate of drug-likeness (QED) is 0.301. The van der Waals surface area contributed by atoms with E-state index in [0.29, 0.717) is 54.4 Å². The van der Waals surface area contributed by atoms with Gasteiger partial charge in [0.1, 0.15) is 6.17 Å². The first kappa shape index (κ1) is 27.7. The summed E-state index contributed by atoms with van der Waals surface area (Å²) in [5.74, 6) is -0.148. The summed E-state index contributed by atoms with van der Waals surface area (Å²) in [4.78, 5) is 5.73. The van der Waals surface area contributed by atoms with Crippen LogP contribution >= 0.6 is 0 Å². The highest BCUT2D eigenvalue weighted by molar-refractivity contribution is 5.58. The molecule has 1 aliphatic carbocycles. The minimum Gasteiger partial charge on any atom is -0.381 e. The smallest absolute Gasteiger partial charge is 0.381 e. The van der Waals surface area contributed by atoms with Crippen molar-refractivity contribution in [2.45, 2.75) is 88.6 Å². The van der Waals surface area contributed by atoms with E-state index in [1.54, 1.807) is 7.11 Å². The van der Waals surface area contributed by atoms with Crippen LogP contribution in [0.25, 0.3) is 0 Å². The molecule has 1 aromatic rings. The molecule has 0 radical (unpaired) electrons. The summed E-state index contributed by atoms with van der Waals surface area (Å²) in [6, 6.07) is 4.03. The lowest BCUT2D eigenvalue weighted by molar-refractivity contribution is -0.137. The highest BCUT2D eigenvalue weighted by Gasteiger charge is 2.42. The van der Waals surface area contributed by atoms with Crippen LogP contribution in [0.4, 0.5) is 27.6 Å². The van der Waals surface area contributed by atoms with Gasteiger partial charge in [-0.2, -0.15) is 13.2 Å². The summed E-state index contributed by atoms with van der Waals surface area (Å²) < 4.78 is 77.3. The number of benzene rings is 1. The number of piperidine rings is 1. The molecule has 1 saturated carbocycles. The number of alkyl halides is 5. The van der Waals surface area contributed by atoms with E-state index in [1.807, 2.05) is 11.1 Å². The van der Waals surface area contributed by atoms with E-state index in [-0.39, 0.29) is 13.1 Å². The number of ether oxygens (including phenoxy) is 1. The first-order chi connectivity index (χ1) is 18.1. The van der Waals surface area contributed by atoms with Crippen LogP contribution in [0.5, 0.6) is 0 Å². The Morgan fingerprint density at radius 3 is 2.34 bits per heavy atom. The predicted octanol–water partition coefficient (Wildman–Crippen LogP) is 6.52. The summed E-state index contributed by atoms with van der Waals surface area (Å²) in [5, 5.41) is 0. The topological polar surface area (TPSA) is 19.0 Å². The fourth-order valence-electron chi connectivity index (χ4n) is 6.74. The Hall–Kier alpha value is -1.87. The summed E-state index contributed by atoms with van der Waals surface area (Å²) >= 11 is 0. The Balaban J connectivity index is 1.30. The number of hydrogen-bond donors (Lipinski definition) is 0. The van der Waals surface area contributed by atoms with Crippen LogP contribution in [-0.4, -0.2) is 74.2 Å². The van der Waals surface area contributed by atoms with Crippen LogP contribution in [0.15, 0.2) is 30.0 Å². The summed E-state index contributed by atoms with van der Waals surface area (Å²) in [7, 11) is 1.74. The van der Waals surface area contributed by atoms with Gasteiger partial charge in [0.15, 0.2) is 6.30 Å². The van der Waals surface area contributed by atoms with Gasteiger partial charge in [0, 0.05) is 63.7 Å². The molecular weight excluding hydrogens is 501 g/mol. The van der Waals surface area contributed by atoms with Crippen molar-refractivity contribution < 1.29 is 26.7 Å². The largest absolute Gasteiger partial charge is 0.416 e. The van der Waals surface area contributed by atoms with Crippen molar-refractivity contribution in [3.63, 3.8) is 0 Å². The van der Waals surface area contributed by atoms with E-state index in [2.05, 4.69) is 11.8 Å². The molecule has 0 N–H and O–H groups in total. The van der Waals surface area contributed by atoms with Crippen LogP contribution in [-0.2, 0) is 10.9 Å². The second kappa shape index (κ2) is 11.3. The van der Waals surface area contributed by atoms with E-state index in [9.17, 15) is 13.2 Å². The molecule has 0 bridgehead atoms. The minimum absolute atomic E-state index is 0.0559. The van der Waals surface area contributed by atoms with Gasteiger partial charge in [0.2, 0.25) is 0 Å². The molecule has 38 heavy (non-hydrogen) atoms. The molecule has 3 atom stereocenters. The predicted molar refractivity (Wildman–Crippen MR) is 139 cm³/mol. The van der Waals surface area contributed by atoms with E-state index < -0.39 is 30.1 Å². The molecule has 1 aromatic carbocycles. The normalized spacial score (nSPS) is 30.7. The van der Waals surface area contributed by atoms with E-state index >= 15 is 8.78 Å². The molecule has 0 spiro atoms. The zero-order chi connectivity index (χ0) is 27.0. The van der Waals surface area contributed by atoms with Crippen molar-refractivity contribution in [3.8, 4) is 0 Å². The number of methoxy groups -OCH3 is 1. The lowest BCUT2D eigenvalue weighted by Gasteiger charge is -2.35. The van der Waals surface area contributed by atoms with E-state index in [1.165, 1.54) is 17.0 Å². The van der Waals surface area contributed by atoms with Crippen LogP contribution in [0.2, 0.25) is 0 Å². The highest BCUT2D eigenvalue weighted by atomic mass is 19.4. The van der Waals surface area contributed by atoms with Gasteiger partial charge in [0.25, 0.3) is 0 Å². The summed E-state index contributed by atoms with van der Waals surface area (Å²) in [5.41, 5.74) is 0.963. The third-order valence-corrected chi connectivity index (χ3v) is 9.22. The number of likely N-dealkylation sites (tertiary alicyclic amines) is 1. The maximum Gasteiger partial charge on any atom is 0.416 e. The SMILES string of the molecule is COC1CCC(N2C=C(C(F)N3CC(F)C(c4ccc(C(F)(F)F)cc4N4CCC(C)CC4)C3)CC2)CC1. The van der Waals surface area contributed by atoms with E-state index in [4.69, 9.17) is 4.74 Å². The average molecular weight is 542 g/mol. The first-order valence-corrected chi connectivity index (χ1v) is 14.1. The monoisotopic (exact) mass is 541 g/mol. The number of anilines is 1. The molecule has 212 valence electrons. The van der Waals surface area contributed by atoms with Gasteiger partial charge in [-0.05, 0) is 74.1 Å². The molecule has 3 fully saturated rings. The zero-order valence-corrected chi connectivity index (χ0v) is 22.4. The minimum atomic E-state index is -4.47. The van der Waals surface area contributed by atoms with Gasteiger partial charge in [-0.25, -0.2) is 8.78 Å². The molecule has 5 rings (SSSR count). The van der Waals surface area contributed by atoms with Crippen LogP contribution in [0.3, 0.4) is 0 Å². The van der Waals surface area contributed by atoms with Crippen LogP contribution in [0, 0.1) is 5.92 Å². The molecule has 3 unspecified atom stereocenters. The van der Waals surface area contributed by atoms with Crippen LogP contribution < -0.4 is 4.90 Å². The fraction of sp³-hybridized carbons (Fsp3) is 0.724. The number of nitrogens with zero attached hydrogens (tertiary/aromatic N) is 3. The first-order valence-electron chi connectivity index (χ1n) is 14.1. The summed E-state index contributed by atoms with van der Waals surface area (Å²) in [6.45, 7) is 4.29. The van der Waals surface area contributed by atoms with Gasteiger partial charge in [-0.3, -0.25) is 4.90 Å². The Kier molecular flexibility index (Phi) is 8.25. The van der Waals surface area contributed by atoms with Crippen molar-refractivity contribution in [3.05, 3.63) is 41.1 Å². The van der Waals surface area contributed by atoms with Crippen LogP contribution in [0.1, 0.15) is 68.9 Å². The second-order valence-corrected chi connectivity index (χ2v) is 11.7. The fourth-order valence-corrected chi connectivity index (χ4v) is 6.74. The molecular formula is C29H40F5N3O. The standard InChI is InChI=1S/C29H40F5N3O/c1-19-9-12-35(13-10-19)27-15-21(29(32,33)34)3-8-24(27)25-17-37(18-26(25)30)28(31)20-11-14-36(16-20)22-4-6-23(38-2)7-5-22/h3,8,15-16,19,22-23,25-26,28H,4-7,9-14,17-18H2,1-2H3. The number of hydrogen-bond acceptors (Lipinski definition) is 4. The Labute approximate surface area is 222 Å². The average Bonchev–Trinajstić information content (AvgIpc) is 3.55. The van der Waals surface area contributed by atoms with Gasteiger partial charge >= 0.3 is 6.18 Å². The molecule has 0 amide bonds. The third kappa shape index (κ3) is 5.83. The van der Waals surface area contributed by atoms with Crippen molar-refractivity contribution in [1.82, 2.24) is 9.80 Å². The Bertz CT molecular complexity index is 985. The molecule has 3 aliphatic heterocycles. The number of rotatable bonds is 6. The van der Waals surface area contributed by atoms with E-state index in [0.717, 1.165) is 51.1 Å². The van der Waals surface area contributed by atoms with Gasteiger partial charge < -0.3 is 14.5 Å². The lowest BCUT2D eigenvalue weighted by Crippen LogP contribution is -2.35. The van der Waals surface area contributed by atoms with Gasteiger partial charge in [0.05, 0.1) is 11.7 Å². The maximum absolute atomic E-state index is 15.7. The zero-order valence-electron chi connectivity index (χ0n) is 22.4. The highest BCUT2D eigenvalue weighted by Crippen LogP contribution is 2.42. The van der Waals surface area contributed by atoms with Gasteiger partial charge in [-0.15, -0.1) is 0 Å². The number of halogens is 5. The lowest BCUT2D eigenvalue weighted by atomic mass is 9.91. The molecule has 9 heteroatoms. The van der Waals surface area contributed by atoms with Crippen molar-refractivity contribution in [2.75, 3.05) is 44.7 Å². The van der Waals surface area contributed by atoms with Crippen molar-refractivity contribution in [1.29, 1.82) is 0 Å². The van der Waals surface area contributed by atoms with Crippen molar-refractivity contribution in [2.24, 2.45) is 5.92 Å². The Morgan fingerprint density at radius 2 is 1.68 bits per heavy atom.